The van der Waals surface area contributed by atoms with Crippen molar-refractivity contribution in [3.05, 3.63) is 0 Å². The van der Waals surface area contributed by atoms with Gasteiger partial charge in [-0.25, -0.2) is 8.42 Å². The predicted molar refractivity (Wildman–Crippen MR) is 70.6 cm³/mol. The number of carbonyl (C=O) groups is 2. The summed E-state index contributed by atoms with van der Waals surface area (Å²) in [7, 11) is -1.96. The molecule has 0 bridgehead atoms. The second-order valence-electron chi connectivity index (χ2n) is 5.01. The van der Waals surface area contributed by atoms with Crippen LogP contribution in [-0.2, 0) is 19.6 Å². The first-order valence-electron chi connectivity index (χ1n) is 6.17. The summed E-state index contributed by atoms with van der Waals surface area (Å²) in [6.45, 7) is 0.960. The van der Waals surface area contributed by atoms with Crippen molar-refractivity contribution in [3.63, 3.8) is 0 Å². The highest BCUT2D eigenvalue weighted by molar-refractivity contribution is 7.88. The number of sulfonamides is 1. The fourth-order valence-corrected chi connectivity index (χ4v) is 2.42. The summed E-state index contributed by atoms with van der Waals surface area (Å²) < 4.78 is 23.5. The molecule has 1 aliphatic heterocycles. The van der Waals surface area contributed by atoms with Crippen molar-refractivity contribution >= 4 is 21.8 Å². The van der Waals surface area contributed by atoms with Crippen molar-refractivity contribution in [2.75, 3.05) is 32.9 Å². The Kier molecular flexibility index (Phi) is 5.30. The molecule has 2 amide bonds. The number of primary amides is 1. The molecule has 0 aliphatic carbocycles. The molecule has 0 unspecified atom stereocenters. The number of carbonyl (C=O) groups excluding carboxylic acids is 2. The van der Waals surface area contributed by atoms with Crippen LogP contribution in [0.15, 0.2) is 0 Å². The summed E-state index contributed by atoms with van der Waals surface area (Å²) in [6, 6.07) is 0. The summed E-state index contributed by atoms with van der Waals surface area (Å²) in [5.74, 6) is -0.291. The highest BCUT2D eigenvalue weighted by Crippen LogP contribution is 2.20. The number of hydrogen-bond acceptors (Lipinski definition) is 4. The van der Waals surface area contributed by atoms with Crippen LogP contribution in [0.25, 0.3) is 0 Å². The van der Waals surface area contributed by atoms with E-state index in [0.29, 0.717) is 19.5 Å². The third kappa shape index (κ3) is 5.15. The molecule has 1 aliphatic rings. The van der Waals surface area contributed by atoms with Crippen LogP contribution in [0, 0.1) is 5.92 Å². The molecule has 2 N–H and O–H groups in total. The van der Waals surface area contributed by atoms with Gasteiger partial charge in [0, 0.05) is 26.6 Å². The fourth-order valence-electron chi connectivity index (χ4n) is 2.08. The minimum absolute atomic E-state index is 0.140. The van der Waals surface area contributed by atoms with Crippen LogP contribution in [-0.4, -0.2) is 62.4 Å². The molecule has 0 saturated carbocycles. The topological polar surface area (TPSA) is 101 Å². The molecule has 0 aromatic heterocycles. The van der Waals surface area contributed by atoms with Crippen molar-refractivity contribution in [1.82, 2.24) is 9.21 Å². The SMILES string of the molecule is CN(CC(=O)N1CCC(CC(N)=O)CC1)S(C)(=O)=O. The van der Waals surface area contributed by atoms with Crippen LogP contribution >= 0.6 is 0 Å². The van der Waals surface area contributed by atoms with E-state index >= 15 is 0 Å². The van der Waals surface area contributed by atoms with E-state index in [9.17, 15) is 18.0 Å². The molecule has 8 heteroatoms. The van der Waals surface area contributed by atoms with Crippen molar-refractivity contribution in [1.29, 1.82) is 0 Å². The summed E-state index contributed by atoms with van der Waals surface area (Å²) in [5.41, 5.74) is 5.14. The Morgan fingerprint density at radius 2 is 1.84 bits per heavy atom. The van der Waals surface area contributed by atoms with Gasteiger partial charge in [0.05, 0.1) is 12.8 Å². The van der Waals surface area contributed by atoms with Gasteiger partial charge in [-0.2, -0.15) is 4.31 Å². The maximum absolute atomic E-state index is 11.9. The Morgan fingerprint density at radius 3 is 2.26 bits per heavy atom. The van der Waals surface area contributed by atoms with Crippen molar-refractivity contribution in [2.24, 2.45) is 11.7 Å². The standard InChI is InChI=1S/C11H21N3O4S/c1-13(19(2,17)18)8-11(16)14-5-3-9(4-6-14)7-10(12)15/h9H,3-8H2,1-2H3,(H2,12,15). The Bertz CT molecular complexity index is 441. The van der Waals surface area contributed by atoms with Gasteiger partial charge in [-0.3, -0.25) is 9.59 Å². The van der Waals surface area contributed by atoms with E-state index in [4.69, 9.17) is 5.73 Å². The lowest BCUT2D eigenvalue weighted by atomic mass is 9.93. The zero-order chi connectivity index (χ0) is 14.6. The van der Waals surface area contributed by atoms with Gasteiger partial charge in [-0.05, 0) is 18.8 Å². The number of rotatable bonds is 5. The fraction of sp³-hybridized carbons (Fsp3) is 0.818. The van der Waals surface area contributed by atoms with E-state index in [1.54, 1.807) is 4.90 Å². The lowest BCUT2D eigenvalue weighted by Gasteiger charge is -2.32. The molecular weight excluding hydrogens is 270 g/mol. The molecule has 0 aromatic carbocycles. The Hall–Kier alpha value is -1.15. The highest BCUT2D eigenvalue weighted by Gasteiger charge is 2.25. The van der Waals surface area contributed by atoms with Crippen molar-refractivity contribution in [3.8, 4) is 0 Å². The monoisotopic (exact) mass is 291 g/mol. The lowest BCUT2D eigenvalue weighted by Crippen LogP contribution is -2.44. The van der Waals surface area contributed by atoms with Gasteiger partial charge in [-0.15, -0.1) is 0 Å². The number of nitrogens with zero attached hydrogens (tertiary/aromatic N) is 2. The van der Waals surface area contributed by atoms with Crippen LogP contribution in [0.3, 0.4) is 0 Å². The van der Waals surface area contributed by atoms with Gasteiger partial charge in [0.1, 0.15) is 0 Å². The Morgan fingerprint density at radius 1 is 1.32 bits per heavy atom. The number of nitrogens with two attached hydrogens (primary N) is 1. The molecule has 0 radical (unpaired) electrons. The molecule has 7 nitrogen and oxygen atoms in total. The molecule has 1 rings (SSSR count). The van der Waals surface area contributed by atoms with Gasteiger partial charge >= 0.3 is 0 Å². The van der Waals surface area contributed by atoms with Crippen molar-refractivity contribution in [2.45, 2.75) is 19.3 Å². The minimum atomic E-state index is -3.34. The quantitative estimate of drug-likeness (QED) is 0.701. The molecule has 1 saturated heterocycles. The van der Waals surface area contributed by atoms with Gasteiger partial charge in [0.15, 0.2) is 0 Å². The minimum Gasteiger partial charge on any atom is -0.370 e. The van der Waals surface area contributed by atoms with Gasteiger partial charge in [0.2, 0.25) is 21.8 Å². The maximum Gasteiger partial charge on any atom is 0.237 e. The first kappa shape index (κ1) is 15.9. The molecule has 1 fully saturated rings. The Labute approximate surface area is 113 Å². The second-order valence-corrected chi connectivity index (χ2v) is 7.10. The van der Waals surface area contributed by atoms with Gasteiger partial charge in [-0.1, -0.05) is 0 Å². The van der Waals surface area contributed by atoms with E-state index in [0.717, 1.165) is 23.4 Å². The first-order valence-corrected chi connectivity index (χ1v) is 8.02. The van der Waals surface area contributed by atoms with Crippen LogP contribution in [0.5, 0.6) is 0 Å². The smallest absolute Gasteiger partial charge is 0.237 e. The summed E-state index contributed by atoms with van der Waals surface area (Å²) in [4.78, 5) is 24.4. The molecule has 19 heavy (non-hydrogen) atoms. The first-order chi connectivity index (χ1) is 8.70. The van der Waals surface area contributed by atoms with E-state index < -0.39 is 10.0 Å². The van der Waals surface area contributed by atoms with E-state index in [2.05, 4.69) is 0 Å². The number of piperidine rings is 1. The molecule has 110 valence electrons. The molecule has 1 heterocycles. The summed E-state index contributed by atoms with van der Waals surface area (Å²) in [6.07, 6.45) is 2.89. The maximum atomic E-state index is 11.9. The van der Waals surface area contributed by atoms with E-state index in [1.807, 2.05) is 0 Å². The number of amides is 2. The van der Waals surface area contributed by atoms with E-state index in [1.165, 1.54) is 7.05 Å². The van der Waals surface area contributed by atoms with Gasteiger partial charge in [0.25, 0.3) is 0 Å². The molecular formula is C11H21N3O4S. The zero-order valence-corrected chi connectivity index (χ0v) is 12.1. The van der Waals surface area contributed by atoms with Gasteiger partial charge < -0.3 is 10.6 Å². The molecule has 0 aromatic rings. The van der Waals surface area contributed by atoms with Crippen molar-refractivity contribution < 1.29 is 18.0 Å². The summed E-state index contributed by atoms with van der Waals surface area (Å²) >= 11 is 0. The average Bonchev–Trinajstić information content (AvgIpc) is 2.27. The van der Waals surface area contributed by atoms with Crippen LogP contribution < -0.4 is 5.73 Å². The number of hydrogen-bond donors (Lipinski definition) is 1. The number of likely N-dealkylation sites (tertiary alicyclic amines) is 1. The largest absolute Gasteiger partial charge is 0.370 e. The van der Waals surface area contributed by atoms with Crippen LogP contribution in [0.2, 0.25) is 0 Å². The van der Waals surface area contributed by atoms with Crippen LogP contribution in [0.1, 0.15) is 19.3 Å². The predicted octanol–water partition coefficient (Wildman–Crippen LogP) is -1.01. The Balaban J connectivity index is 2.43. The van der Waals surface area contributed by atoms with E-state index in [-0.39, 0.29) is 24.3 Å². The third-order valence-electron chi connectivity index (χ3n) is 3.38. The molecule has 0 atom stereocenters. The lowest BCUT2D eigenvalue weighted by molar-refractivity contribution is -0.132. The third-order valence-corrected chi connectivity index (χ3v) is 4.64. The zero-order valence-electron chi connectivity index (χ0n) is 11.3. The second kappa shape index (κ2) is 6.33. The number of likely N-dealkylation sites (N-methyl/N-ethyl adjacent to an activating group) is 1. The molecule has 0 spiro atoms. The van der Waals surface area contributed by atoms with Crippen LogP contribution in [0.4, 0.5) is 0 Å². The normalized spacial score (nSPS) is 17.7. The highest BCUT2D eigenvalue weighted by atomic mass is 32.2. The summed E-state index contributed by atoms with van der Waals surface area (Å²) in [5, 5.41) is 0. The average molecular weight is 291 g/mol.